The first-order valence-corrected chi connectivity index (χ1v) is 9.74. The first-order valence-electron chi connectivity index (χ1n) is 9.74. The predicted molar refractivity (Wildman–Crippen MR) is 101 cm³/mol. The van der Waals surface area contributed by atoms with Crippen molar-refractivity contribution in [3.8, 4) is 0 Å². The highest BCUT2D eigenvalue weighted by Gasteiger charge is 2.17. The van der Waals surface area contributed by atoms with Gasteiger partial charge in [0.2, 0.25) is 5.91 Å². The largest absolute Gasteiger partial charge is 0.377 e. The van der Waals surface area contributed by atoms with Crippen LogP contribution in [-0.2, 0) is 9.53 Å². The number of amides is 2. The molecule has 2 fully saturated rings. The molecule has 1 aromatic rings. The van der Waals surface area contributed by atoms with Crippen LogP contribution < -0.4 is 16.0 Å². The lowest BCUT2D eigenvalue weighted by atomic mass is 9.95. The van der Waals surface area contributed by atoms with E-state index in [4.69, 9.17) is 4.74 Å². The van der Waals surface area contributed by atoms with Crippen molar-refractivity contribution in [1.82, 2.24) is 10.6 Å². The van der Waals surface area contributed by atoms with Gasteiger partial charge in [-0.1, -0.05) is 19.3 Å². The minimum atomic E-state index is -0.0950. The number of hydrogen-bond acceptors (Lipinski definition) is 4. The summed E-state index contributed by atoms with van der Waals surface area (Å²) in [5.41, 5.74) is 1.33. The third kappa shape index (κ3) is 5.81. The Balaban J connectivity index is 1.40. The van der Waals surface area contributed by atoms with Crippen LogP contribution in [0.15, 0.2) is 24.3 Å². The molecular formula is C20H29N3O3. The third-order valence-corrected chi connectivity index (χ3v) is 5.05. The highest BCUT2D eigenvalue weighted by atomic mass is 16.5. The monoisotopic (exact) mass is 359 g/mol. The molecule has 2 amide bonds. The topological polar surface area (TPSA) is 79.5 Å². The van der Waals surface area contributed by atoms with Crippen molar-refractivity contribution in [3.63, 3.8) is 0 Å². The molecule has 26 heavy (non-hydrogen) atoms. The average molecular weight is 359 g/mol. The Bertz CT molecular complexity index is 591. The third-order valence-electron chi connectivity index (χ3n) is 5.05. The Hall–Kier alpha value is -1.92. The molecule has 1 saturated heterocycles. The Morgan fingerprint density at radius 1 is 1.00 bits per heavy atom. The Morgan fingerprint density at radius 3 is 2.46 bits per heavy atom. The Labute approximate surface area is 155 Å². The zero-order chi connectivity index (χ0) is 18.2. The molecule has 0 bridgehead atoms. The molecule has 3 rings (SSSR count). The van der Waals surface area contributed by atoms with Gasteiger partial charge in [-0.05, 0) is 49.9 Å². The normalized spacial score (nSPS) is 20.7. The summed E-state index contributed by atoms with van der Waals surface area (Å²) in [6, 6.07) is 7.36. The lowest BCUT2D eigenvalue weighted by Gasteiger charge is -2.22. The van der Waals surface area contributed by atoms with Gasteiger partial charge in [-0.3, -0.25) is 9.59 Å². The second-order valence-corrected chi connectivity index (χ2v) is 7.20. The molecule has 2 aliphatic rings. The van der Waals surface area contributed by atoms with Gasteiger partial charge in [0.1, 0.15) is 0 Å². The number of nitrogens with one attached hydrogen (secondary N) is 3. The quantitative estimate of drug-likeness (QED) is 0.699. The van der Waals surface area contributed by atoms with Crippen LogP contribution in [0.1, 0.15) is 55.3 Å². The number of benzene rings is 1. The van der Waals surface area contributed by atoms with E-state index in [2.05, 4.69) is 16.0 Å². The number of carbonyl (C=O) groups excluding carboxylic acids is 2. The van der Waals surface area contributed by atoms with Crippen molar-refractivity contribution in [2.75, 3.05) is 25.0 Å². The van der Waals surface area contributed by atoms with Gasteiger partial charge in [0, 0.05) is 30.4 Å². The van der Waals surface area contributed by atoms with Crippen molar-refractivity contribution in [3.05, 3.63) is 29.8 Å². The summed E-state index contributed by atoms with van der Waals surface area (Å²) in [7, 11) is 0. The molecule has 1 unspecified atom stereocenters. The summed E-state index contributed by atoms with van der Waals surface area (Å²) >= 11 is 0. The van der Waals surface area contributed by atoms with E-state index in [0.29, 0.717) is 23.8 Å². The number of rotatable bonds is 7. The summed E-state index contributed by atoms with van der Waals surface area (Å²) in [5, 5.41) is 9.06. The number of ether oxygens (including phenoxy) is 1. The van der Waals surface area contributed by atoms with Crippen LogP contribution in [0.2, 0.25) is 0 Å². The van der Waals surface area contributed by atoms with Gasteiger partial charge in [-0.15, -0.1) is 0 Å². The molecule has 0 spiro atoms. The zero-order valence-electron chi connectivity index (χ0n) is 15.3. The summed E-state index contributed by atoms with van der Waals surface area (Å²) < 4.78 is 5.51. The number of hydrogen-bond donors (Lipinski definition) is 3. The molecule has 1 aliphatic heterocycles. The van der Waals surface area contributed by atoms with Crippen molar-refractivity contribution >= 4 is 17.5 Å². The second kappa shape index (κ2) is 9.69. The van der Waals surface area contributed by atoms with Crippen LogP contribution in [0.25, 0.3) is 0 Å². The highest BCUT2D eigenvalue weighted by molar-refractivity contribution is 5.96. The summed E-state index contributed by atoms with van der Waals surface area (Å²) in [6.45, 7) is 1.77. The van der Waals surface area contributed by atoms with E-state index in [1.54, 1.807) is 24.3 Å². The van der Waals surface area contributed by atoms with Gasteiger partial charge in [0.05, 0.1) is 12.6 Å². The Morgan fingerprint density at radius 2 is 1.77 bits per heavy atom. The molecule has 1 heterocycles. The van der Waals surface area contributed by atoms with E-state index < -0.39 is 0 Å². The molecule has 142 valence electrons. The Kier molecular flexibility index (Phi) is 7.03. The van der Waals surface area contributed by atoms with Crippen molar-refractivity contribution in [2.45, 2.75) is 57.1 Å². The molecular weight excluding hydrogens is 330 g/mol. The maximum atomic E-state index is 12.3. The van der Waals surface area contributed by atoms with Gasteiger partial charge < -0.3 is 20.7 Å². The minimum absolute atomic E-state index is 0.0343. The lowest BCUT2D eigenvalue weighted by Crippen LogP contribution is -2.36. The highest BCUT2D eigenvalue weighted by Crippen LogP contribution is 2.18. The number of anilines is 1. The van der Waals surface area contributed by atoms with Crippen LogP contribution in [0, 0.1) is 0 Å². The predicted octanol–water partition coefficient (Wildman–Crippen LogP) is 2.46. The summed E-state index contributed by atoms with van der Waals surface area (Å²) in [4.78, 5) is 24.3. The molecule has 0 aromatic heterocycles. The molecule has 6 nitrogen and oxygen atoms in total. The van der Waals surface area contributed by atoms with Crippen LogP contribution >= 0.6 is 0 Å². The molecule has 0 radical (unpaired) electrons. The first kappa shape index (κ1) is 18.9. The SMILES string of the molecule is O=C(CNCC1CCCO1)Nc1ccc(C(=O)NC2CCCCC2)cc1. The van der Waals surface area contributed by atoms with Crippen LogP contribution in [0.4, 0.5) is 5.69 Å². The average Bonchev–Trinajstić information content (AvgIpc) is 3.16. The maximum Gasteiger partial charge on any atom is 0.251 e. The van der Waals surface area contributed by atoms with Gasteiger partial charge in [0.15, 0.2) is 0 Å². The van der Waals surface area contributed by atoms with Crippen molar-refractivity contribution in [2.24, 2.45) is 0 Å². The lowest BCUT2D eigenvalue weighted by molar-refractivity contribution is -0.115. The molecule has 3 N–H and O–H groups in total. The fourth-order valence-electron chi connectivity index (χ4n) is 3.58. The van der Waals surface area contributed by atoms with Gasteiger partial charge in [-0.2, -0.15) is 0 Å². The van der Waals surface area contributed by atoms with E-state index >= 15 is 0 Å². The van der Waals surface area contributed by atoms with Crippen LogP contribution in [0.3, 0.4) is 0 Å². The van der Waals surface area contributed by atoms with E-state index in [1.165, 1.54) is 19.3 Å². The van der Waals surface area contributed by atoms with E-state index in [0.717, 1.165) is 32.3 Å². The molecule has 1 aliphatic carbocycles. The molecule has 1 aromatic carbocycles. The van der Waals surface area contributed by atoms with E-state index in [9.17, 15) is 9.59 Å². The maximum absolute atomic E-state index is 12.3. The summed E-state index contributed by atoms with van der Waals surface area (Å²) in [6.07, 6.45) is 8.16. The molecule has 6 heteroatoms. The standard InChI is InChI=1S/C20H29N3O3/c24-19(14-21-13-18-7-4-12-26-18)22-17-10-8-15(9-11-17)20(25)23-16-5-2-1-3-6-16/h8-11,16,18,21H,1-7,12-14H2,(H,22,24)(H,23,25). The smallest absolute Gasteiger partial charge is 0.251 e. The fraction of sp³-hybridized carbons (Fsp3) is 0.600. The van der Waals surface area contributed by atoms with Crippen molar-refractivity contribution in [1.29, 1.82) is 0 Å². The van der Waals surface area contributed by atoms with E-state index in [1.807, 2.05) is 0 Å². The van der Waals surface area contributed by atoms with Crippen LogP contribution in [-0.4, -0.2) is 43.7 Å². The van der Waals surface area contributed by atoms with Crippen LogP contribution in [0.5, 0.6) is 0 Å². The molecule has 1 atom stereocenters. The van der Waals surface area contributed by atoms with E-state index in [-0.39, 0.29) is 24.5 Å². The van der Waals surface area contributed by atoms with Gasteiger partial charge in [-0.25, -0.2) is 0 Å². The zero-order valence-corrected chi connectivity index (χ0v) is 15.3. The molecule has 1 saturated carbocycles. The van der Waals surface area contributed by atoms with Gasteiger partial charge in [0.25, 0.3) is 5.91 Å². The second-order valence-electron chi connectivity index (χ2n) is 7.20. The number of carbonyl (C=O) groups is 2. The minimum Gasteiger partial charge on any atom is -0.377 e. The van der Waals surface area contributed by atoms with Crippen molar-refractivity contribution < 1.29 is 14.3 Å². The van der Waals surface area contributed by atoms with Gasteiger partial charge >= 0.3 is 0 Å². The summed E-state index contributed by atoms with van der Waals surface area (Å²) in [5.74, 6) is -0.129. The fourth-order valence-corrected chi connectivity index (χ4v) is 3.58. The first-order chi connectivity index (χ1) is 12.7.